The van der Waals surface area contributed by atoms with Crippen LogP contribution in [0.3, 0.4) is 0 Å². The maximum absolute atomic E-state index is 12.8. The number of aromatic nitrogens is 2. The molecule has 5 rings (SSSR count). The number of anilines is 1. The number of aliphatic carboxylic acids is 1. The van der Waals surface area contributed by atoms with Crippen LogP contribution in [0.4, 0.5) is 5.13 Å². The molecule has 1 aliphatic rings. The summed E-state index contributed by atoms with van der Waals surface area (Å²) in [6, 6.07) is 14.5. The quantitative estimate of drug-likeness (QED) is 0.0829. The molecule has 0 aliphatic heterocycles. The van der Waals surface area contributed by atoms with Gasteiger partial charge in [0.2, 0.25) is 11.5 Å². The number of nitrogens with zero attached hydrogens (tertiary/aromatic N) is 1. The lowest BCUT2D eigenvalue weighted by Gasteiger charge is -2.39. The van der Waals surface area contributed by atoms with E-state index in [1.165, 1.54) is 17.4 Å². The number of fused-ring (bicyclic) bond motifs is 1. The Balaban J connectivity index is 1.17. The number of pyridine rings is 1. The number of phenols is 1. The molecule has 10 nitrogen and oxygen atoms in total. The number of H-pyrrole nitrogens is 1. The number of benzene rings is 2. The highest BCUT2D eigenvalue weighted by Gasteiger charge is 2.41. The van der Waals surface area contributed by atoms with Crippen LogP contribution in [0, 0.1) is 0 Å². The van der Waals surface area contributed by atoms with E-state index in [0.29, 0.717) is 55.8 Å². The van der Waals surface area contributed by atoms with Crippen molar-refractivity contribution in [1.82, 2.24) is 15.3 Å². The van der Waals surface area contributed by atoms with Crippen LogP contribution in [0.25, 0.3) is 10.9 Å². The fourth-order valence-corrected chi connectivity index (χ4v) is 8.57. The van der Waals surface area contributed by atoms with Gasteiger partial charge in [-0.15, -0.1) is 11.3 Å². The minimum atomic E-state index is -2.21. The van der Waals surface area contributed by atoms with Crippen LogP contribution in [0.1, 0.15) is 93.4 Å². The van der Waals surface area contributed by atoms with Gasteiger partial charge in [0.1, 0.15) is 5.75 Å². The second-order valence-corrected chi connectivity index (χ2v) is 20.8. The van der Waals surface area contributed by atoms with Crippen LogP contribution < -0.4 is 16.2 Å². The topological polar surface area (TPSA) is 154 Å². The second kappa shape index (κ2) is 15.6. The van der Waals surface area contributed by atoms with E-state index in [1.54, 1.807) is 18.3 Å². The monoisotopic (exact) mass is 718 g/mol. The van der Waals surface area contributed by atoms with E-state index in [1.807, 2.05) is 30.3 Å². The van der Waals surface area contributed by atoms with Gasteiger partial charge in [0.25, 0.3) is 0 Å². The van der Waals surface area contributed by atoms with Gasteiger partial charge in [-0.1, -0.05) is 70.4 Å². The summed E-state index contributed by atoms with van der Waals surface area (Å²) in [4.78, 5) is 45.2. The molecule has 268 valence electrons. The molecular formula is C38H50N4O6SSi. The molecule has 12 heteroatoms. The molecule has 1 atom stereocenters. The lowest BCUT2D eigenvalue weighted by atomic mass is 9.69. The Bertz CT molecular complexity index is 1870. The summed E-state index contributed by atoms with van der Waals surface area (Å²) in [5, 5.41) is 28.2. The highest BCUT2D eigenvalue weighted by atomic mass is 32.1. The van der Waals surface area contributed by atoms with Gasteiger partial charge in [0, 0.05) is 42.0 Å². The van der Waals surface area contributed by atoms with Crippen molar-refractivity contribution in [3.05, 3.63) is 86.6 Å². The Morgan fingerprint density at radius 1 is 1.10 bits per heavy atom. The molecule has 1 amide bonds. The first-order chi connectivity index (χ1) is 23.7. The number of rotatable bonds is 14. The van der Waals surface area contributed by atoms with Gasteiger partial charge in [-0.3, -0.25) is 14.4 Å². The molecule has 0 radical (unpaired) electrons. The summed E-state index contributed by atoms with van der Waals surface area (Å²) in [7, 11) is -2.21. The first kappa shape index (κ1) is 37.4. The smallest absolute Gasteiger partial charge is 0.314 e. The third kappa shape index (κ3) is 8.71. The summed E-state index contributed by atoms with van der Waals surface area (Å²) in [5.74, 6) is -0.836. The standard InChI is InChI=1S/C38H50N4O6SSi/c1-37(2,3)50(4,5)48-31(28-15-17-30(43)34-29(28)16-18-33(45)41-34)24-39-22-27-23-40-36(49-27)42-32(44)14-10-12-25-11-9-13-26(21-25)38(35(46)47)19-7-6-8-20-38/h9,11,13,15-18,21,23,31,39,43H,6-8,10,12,14,19-20,22,24H2,1-5H3,(H,41,45)(H,46,47)(H,40,42,44)/t31-/m0/s1. The number of carboxylic acids is 1. The Kier molecular flexibility index (Phi) is 11.7. The van der Waals surface area contributed by atoms with Crippen LogP contribution in [-0.2, 0) is 32.4 Å². The zero-order valence-corrected chi connectivity index (χ0v) is 31.5. The average molecular weight is 719 g/mol. The first-order valence-electron chi connectivity index (χ1n) is 17.5. The number of hydrogen-bond donors (Lipinski definition) is 5. The molecule has 0 bridgehead atoms. The van der Waals surface area contributed by atoms with Crippen molar-refractivity contribution >= 4 is 47.6 Å². The molecule has 2 aromatic heterocycles. The Morgan fingerprint density at radius 2 is 1.86 bits per heavy atom. The fraction of sp³-hybridized carbons (Fsp3) is 0.474. The van der Waals surface area contributed by atoms with Crippen LogP contribution >= 0.6 is 11.3 Å². The van der Waals surface area contributed by atoms with Crippen molar-refractivity contribution in [2.45, 2.75) is 108 Å². The number of aromatic hydroxyl groups is 1. The lowest BCUT2D eigenvalue weighted by Crippen LogP contribution is -2.43. The largest absolute Gasteiger partial charge is 0.506 e. The molecule has 0 saturated heterocycles. The number of amides is 1. The number of thiazole rings is 1. The van der Waals surface area contributed by atoms with Crippen molar-refractivity contribution in [3.63, 3.8) is 0 Å². The SMILES string of the molecule is CC(C)(C)[Si](C)(C)O[C@@H](CNCc1cnc(NC(=O)CCCc2cccc(C3(C(=O)O)CCCCC3)c2)s1)c1ccc(O)c2[nH]c(=O)ccc12. The van der Waals surface area contributed by atoms with Crippen molar-refractivity contribution in [3.8, 4) is 5.75 Å². The van der Waals surface area contributed by atoms with Gasteiger partial charge in [0.05, 0.1) is 17.0 Å². The number of carbonyl (C=O) groups is 2. The Labute approximate surface area is 298 Å². The molecule has 1 fully saturated rings. The average Bonchev–Trinajstić information content (AvgIpc) is 3.51. The molecule has 50 heavy (non-hydrogen) atoms. The molecule has 1 aliphatic carbocycles. The normalized spacial score (nSPS) is 15.5. The maximum Gasteiger partial charge on any atom is 0.314 e. The van der Waals surface area contributed by atoms with Crippen molar-refractivity contribution < 1.29 is 24.2 Å². The zero-order valence-electron chi connectivity index (χ0n) is 29.7. The van der Waals surface area contributed by atoms with Gasteiger partial charge >= 0.3 is 5.97 Å². The Morgan fingerprint density at radius 3 is 2.58 bits per heavy atom. The summed E-state index contributed by atoms with van der Waals surface area (Å²) in [6.45, 7) is 12.0. The number of hydrogen-bond acceptors (Lipinski definition) is 8. The highest BCUT2D eigenvalue weighted by molar-refractivity contribution is 7.15. The fourth-order valence-electron chi connectivity index (χ4n) is 6.50. The molecule has 2 aromatic carbocycles. The third-order valence-electron chi connectivity index (χ3n) is 10.4. The zero-order chi connectivity index (χ0) is 36.1. The third-order valence-corrected chi connectivity index (χ3v) is 15.8. The van der Waals surface area contributed by atoms with E-state index in [2.05, 4.69) is 54.5 Å². The summed E-state index contributed by atoms with van der Waals surface area (Å²) < 4.78 is 6.89. The van der Waals surface area contributed by atoms with E-state index in [0.717, 1.165) is 46.2 Å². The van der Waals surface area contributed by atoms with Gasteiger partial charge in [-0.2, -0.15) is 0 Å². The van der Waals surface area contributed by atoms with E-state index in [-0.39, 0.29) is 28.4 Å². The van der Waals surface area contributed by atoms with E-state index in [4.69, 9.17) is 4.43 Å². The van der Waals surface area contributed by atoms with E-state index < -0.39 is 19.7 Å². The summed E-state index contributed by atoms with van der Waals surface area (Å²) in [6.07, 6.45) is 7.36. The number of nitrogens with one attached hydrogen (secondary N) is 3. The first-order valence-corrected chi connectivity index (χ1v) is 21.2. The van der Waals surface area contributed by atoms with Crippen LogP contribution in [-0.4, -0.2) is 46.9 Å². The van der Waals surface area contributed by atoms with Crippen molar-refractivity contribution in [1.29, 1.82) is 0 Å². The number of aryl methyl sites for hydroxylation is 1. The van der Waals surface area contributed by atoms with Crippen LogP contribution in [0.5, 0.6) is 5.75 Å². The highest BCUT2D eigenvalue weighted by Crippen LogP contribution is 2.42. The molecule has 1 saturated carbocycles. The van der Waals surface area contributed by atoms with E-state index >= 15 is 0 Å². The number of carbonyl (C=O) groups excluding carboxylic acids is 1. The number of carboxylic acid groups (broad SMARTS) is 1. The van der Waals surface area contributed by atoms with Gasteiger partial charge in [-0.25, -0.2) is 4.98 Å². The summed E-state index contributed by atoms with van der Waals surface area (Å²) in [5.41, 5.74) is 2.11. The molecule has 4 aromatic rings. The Hall–Kier alpha value is -3.84. The molecule has 0 spiro atoms. The van der Waals surface area contributed by atoms with Gasteiger partial charge in [-0.05, 0) is 72.6 Å². The summed E-state index contributed by atoms with van der Waals surface area (Å²) >= 11 is 1.42. The number of phenolic OH excluding ortho intramolecular Hbond substituents is 1. The second-order valence-electron chi connectivity index (χ2n) is 15.0. The van der Waals surface area contributed by atoms with Gasteiger partial charge in [0.15, 0.2) is 13.4 Å². The maximum atomic E-state index is 12.8. The van der Waals surface area contributed by atoms with Crippen molar-refractivity contribution in [2.75, 3.05) is 11.9 Å². The molecule has 0 unspecified atom stereocenters. The number of aromatic amines is 1. The molecule has 5 N–H and O–H groups in total. The van der Waals surface area contributed by atoms with Crippen LogP contribution in [0.15, 0.2) is 59.5 Å². The minimum absolute atomic E-state index is 0.0113. The van der Waals surface area contributed by atoms with E-state index in [9.17, 15) is 24.6 Å². The van der Waals surface area contributed by atoms with Crippen LogP contribution in [0.2, 0.25) is 18.1 Å². The predicted octanol–water partition coefficient (Wildman–Crippen LogP) is 7.79. The van der Waals surface area contributed by atoms with Gasteiger partial charge < -0.3 is 30.3 Å². The molecular weight excluding hydrogens is 669 g/mol. The van der Waals surface area contributed by atoms with Crippen molar-refractivity contribution in [2.24, 2.45) is 0 Å². The lowest BCUT2D eigenvalue weighted by molar-refractivity contribution is -0.145. The predicted molar refractivity (Wildman–Crippen MR) is 201 cm³/mol. The minimum Gasteiger partial charge on any atom is -0.506 e. The molecule has 2 heterocycles.